The van der Waals surface area contributed by atoms with Crippen LogP contribution in [0.25, 0.3) is 0 Å². The Morgan fingerprint density at radius 1 is 0.952 bits per heavy atom. The van der Waals surface area contributed by atoms with Crippen LogP contribution in [0.15, 0.2) is 36.4 Å². The van der Waals surface area contributed by atoms with Gasteiger partial charge >= 0.3 is 0 Å². The predicted octanol–water partition coefficient (Wildman–Crippen LogP) is 3.58. The van der Waals surface area contributed by atoms with Gasteiger partial charge in [-0.05, 0) is 55.2 Å². The van der Waals surface area contributed by atoms with Crippen LogP contribution in [0.5, 0.6) is 0 Å². The molecule has 0 aliphatic carbocycles. The van der Waals surface area contributed by atoms with Crippen molar-refractivity contribution in [3.63, 3.8) is 0 Å². The van der Waals surface area contributed by atoms with Crippen LogP contribution in [0.3, 0.4) is 0 Å². The Morgan fingerprint density at radius 3 is 2.33 bits per heavy atom. The minimum absolute atomic E-state index is 0.0655. The maximum absolute atomic E-state index is 11.7. The van der Waals surface area contributed by atoms with Crippen molar-refractivity contribution in [3.05, 3.63) is 64.2 Å². The zero-order valence-corrected chi connectivity index (χ0v) is 13.1. The first-order valence-electron chi connectivity index (χ1n) is 7.14. The first-order valence-corrected chi connectivity index (χ1v) is 7.14. The van der Waals surface area contributed by atoms with Crippen LogP contribution >= 0.6 is 0 Å². The summed E-state index contributed by atoms with van der Waals surface area (Å²) in [5.41, 5.74) is 6.64. The van der Waals surface area contributed by atoms with Crippen LogP contribution in [0.1, 0.15) is 32.6 Å². The number of anilines is 1. The Morgan fingerprint density at radius 2 is 1.67 bits per heavy atom. The molecule has 0 heterocycles. The third-order valence-corrected chi connectivity index (χ3v) is 3.78. The van der Waals surface area contributed by atoms with Crippen LogP contribution in [-0.4, -0.2) is 13.0 Å². The topological polar surface area (TPSA) is 41.1 Å². The van der Waals surface area contributed by atoms with E-state index in [1.807, 2.05) is 25.1 Å². The number of nitrogens with one attached hydrogen (secondary N) is 2. The van der Waals surface area contributed by atoms with Gasteiger partial charge in [0.05, 0.1) is 0 Å². The first-order chi connectivity index (χ1) is 10.0. The summed E-state index contributed by atoms with van der Waals surface area (Å²) in [5, 5.41) is 6.06. The molecule has 110 valence electrons. The van der Waals surface area contributed by atoms with Gasteiger partial charge in [-0.2, -0.15) is 0 Å². The number of rotatable bonds is 4. The van der Waals surface area contributed by atoms with Crippen molar-refractivity contribution in [3.8, 4) is 0 Å². The Kier molecular flexibility index (Phi) is 4.63. The van der Waals surface area contributed by atoms with Crippen molar-refractivity contribution in [1.82, 2.24) is 5.32 Å². The van der Waals surface area contributed by atoms with E-state index in [2.05, 4.69) is 42.7 Å². The van der Waals surface area contributed by atoms with Crippen LogP contribution in [0.2, 0.25) is 0 Å². The quantitative estimate of drug-likeness (QED) is 0.900. The highest BCUT2D eigenvalue weighted by Gasteiger charge is 2.06. The first kappa shape index (κ1) is 15.1. The van der Waals surface area contributed by atoms with Crippen molar-refractivity contribution in [2.75, 3.05) is 12.4 Å². The molecule has 2 rings (SSSR count). The Hall–Kier alpha value is -2.29. The molecule has 0 atom stereocenters. The van der Waals surface area contributed by atoms with Crippen molar-refractivity contribution in [2.45, 2.75) is 27.3 Å². The summed E-state index contributed by atoms with van der Waals surface area (Å²) >= 11 is 0. The molecule has 0 aliphatic rings. The van der Waals surface area contributed by atoms with Gasteiger partial charge in [-0.1, -0.05) is 24.3 Å². The Bertz CT molecular complexity index is 662. The minimum Gasteiger partial charge on any atom is -0.381 e. The van der Waals surface area contributed by atoms with Gasteiger partial charge in [-0.15, -0.1) is 0 Å². The lowest BCUT2D eigenvalue weighted by molar-refractivity contribution is 0.0963. The van der Waals surface area contributed by atoms with E-state index >= 15 is 0 Å². The SMILES string of the molecule is CNC(=O)c1ccc(C)c(NCc2ccc(C)c(C)c2)c1. The summed E-state index contributed by atoms with van der Waals surface area (Å²) < 4.78 is 0. The van der Waals surface area contributed by atoms with E-state index in [9.17, 15) is 4.79 Å². The van der Waals surface area contributed by atoms with Gasteiger partial charge in [0, 0.05) is 24.8 Å². The van der Waals surface area contributed by atoms with E-state index in [1.54, 1.807) is 7.05 Å². The number of amides is 1. The zero-order valence-electron chi connectivity index (χ0n) is 13.1. The zero-order chi connectivity index (χ0) is 15.4. The molecule has 2 N–H and O–H groups in total. The normalized spacial score (nSPS) is 10.3. The number of hydrogen-bond donors (Lipinski definition) is 2. The second kappa shape index (κ2) is 6.44. The fraction of sp³-hybridized carbons (Fsp3) is 0.278. The van der Waals surface area contributed by atoms with Gasteiger partial charge in [-0.3, -0.25) is 4.79 Å². The summed E-state index contributed by atoms with van der Waals surface area (Å²) in [5.74, 6) is -0.0655. The van der Waals surface area contributed by atoms with Gasteiger partial charge in [0.1, 0.15) is 0 Å². The van der Waals surface area contributed by atoms with Gasteiger partial charge in [0.25, 0.3) is 5.91 Å². The summed E-state index contributed by atoms with van der Waals surface area (Å²) in [6.07, 6.45) is 0. The number of carbonyl (C=O) groups is 1. The van der Waals surface area contributed by atoms with Crippen LogP contribution in [-0.2, 0) is 6.54 Å². The number of hydrogen-bond acceptors (Lipinski definition) is 2. The number of aryl methyl sites for hydroxylation is 3. The molecule has 0 fully saturated rings. The van der Waals surface area contributed by atoms with Crippen molar-refractivity contribution in [2.24, 2.45) is 0 Å². The second-order valence-electron chi connectivity index (χ2n) is 5.38. The molecule has 0 aliphatic heterocycles. The average Bonchev–Trinajstić information content (AvgIpc) is 2.49. The summed E-state index contributed by atoms with van der Waals surface area (Å²) in [7, 11) is 1.64. The molecule has 0 spiro atoms. The van der Waals surface area contributed by atoms with E-state index in [-0.39, 0.29) is 5.91 Å². The van der Waals surface area contributed by atoms with E-state index in [1.165, 1.54) is 16.7 Å². The third-order valence-electron chi connectivity index (χ3n) is 3.78. The fourth-order valence-corrected chi connectivity index (χ4v) is 2.21. The van der Waals surface area contributed by atoms with Crippen LogP contribution < -0.4 is 10.6 Å². The third kappa shape index (κ3) is 3.63. The molecule has 3 nitrogen and oxygen atoms in total. The monoisotopic (exact) mass is 282 g/mol. The van der Waals surface area contributed by atoms with Crippen molar-refractivity contribution in [1.29, 1.82) is 0 Å². The Labute approximate surface area is 126 Å². The van der Waals surface area contributed by atoms with Crippen LogP contribution in [0.4, 0.5) is 5.69 Å². The maximum atomic E-state index is 11.7. The molecule has 2 aromatic rings. The van der Waals surface area contributed by atoms with Gasteiger partial charge in [0.2, 0.25) is 0 Å². The number of carbonyl (C=O) groups excluding carboxylic acids is 1. The minimum atomic E-state index is -0.0655. The molecule has 21 heavy (non-hydrogen) atoms. The molecule has 0 bridgehead atoms. The second-order valence-corrected chi connectivity index (χ2v) is 5.38. The van der Waals surface area contributed by atoms with Gasteiger partial charge in [-0.25, -0.2) is 0 Å². The fourth-order valence-electron chi connectivity index (χ4n) is 2.21. The molecule has 0 saturated carbocycles. The maximum Gasteiger partial charge on any atom is 0.251 e. The highest BCUT2D eigenvalue weighted by Crippen LogP contribution is 2.18. The Balaban J connectivity index is 2.15. The highest BCUT2D eigenvalue weighted by molar-refractivity contribution is 5.95. The van der Waals surface area contributed by atoms with Crippen molar-refractivity contribution >= 4 is 11.6 Å². The predicted molar refractivity (Wildman–Crippen MR) is 87.8 cm³/mol. The average molecular weight is 282 g/mol. The molecular formula is C18H22N2O. The van der Waals surface area contributed by atoms with Gasteiger partial charge in [0.15, 0.2) is 0 Å². The molecule has 2 aromatic carbocycles. The van der Waals surface area contributed by atoms with E-state index in [0.717, 1.165) is 17.8 Å². The largest absolute Gasteiger partial charge is 0.381 e. The molecule has 0 radical (unpaired) electrons. The molecular weight excluding hydrogens is 260 g/mol. The molecule has 3 heteroatoms. The standard InChI is InChI=1S/C18H22N2O/c1-12-5-7-15(9-14(12)3)11-20-17-10-16(18(21)19-4)8-6-13(17)2/h5-10,20H,11H2,1-4H3,(H,19,21). The highest BCUT2D eigenvalue weighted by atomic mass is 16.1. The summed E-state index contributed by atoms with van der Waals surface area (Å²) in [4.78, 5) is 11.7. The van der Waals surface area contributed by atoms with E-state index in [0.29, 0.717) is 5.56 Å². The van der Waals surface area contributed by atoms with Crippen LogP contribution in [0, 0.1) is 20.8 Å². The lowest BCUT2D eigenvalue weighted by atomic mass is 10.1. The molecule has 0 saturated heterocycles. The number of benzene rings is 2. The summed E-state index contributed by atoms with van der Waals surface area (Å²) in [6.45, 7) is 7.02. The molecule has 0 aromatic heterocycles. The lowest BCUT2D eigenvalue weighted by Crippen LogP contribution is -2.18. The lowest BCUT2D eigenvalue weighted by Gasteiger charge is -2.12. The smallest absolute Gasteiger partial charge is 0.251 e. The molecule has 1 amide bonds. The van der Waals surface area contributed by atoms with E-state index in [4.69, 9.17) is 0 Å². The summed E-state index contributed by atoms with van der Waals surface area (Å²) in [6, 6.07) is 12.2. The van der Waals surface area contributed by atoms with Gasteiger partial charge < -0.3 is 10.6 Å². The van der Waals surface area contributed by atoms with Crippen molar-refractivity contribution < 1.29 is 4.79 Å². The molecule has 0 unspecified atom stereocenters. The van der Waals surface area contributed by atoms with E-state index < -0.39 is 0 Å².